The number of hydrogen-bond donors (Lipinski definition) is 2. The summed E-state index contributed by atoms with van der Waals surface area (Å²) in [5.41, 5.74) is 0.721. The van der Waals surface area contributed by atoms with E-state index >= 15 is 0 Å². The van der Waals surface area contributed by atoms with Crippen LogP contribution in [-0.2, 0) is 19.1 Å². The molecule has 0 unspecified atom stereocenters. The van der Waals surface area contributed by atoms with Gasteiger partial charge in [-0.05, 0) is 11.5 Å². The molecule has 2 aromatic rings. The van der Waals surface area contributed by atoms with Crippen LogP contribution < -0.4 is 10.6 Å². The summed E-state index contributed by atoms with van der Waals surface area (Å²) in [5, 5.41) is 7.61. The normalized spacial score (nSPS) is 17.6. The van der Waals surface area contributed by atoms with Gasteiger partial charge < -0.3 is 15.4 Å². The van der Waals surface area contributed by atoms with Gasteiger partial charge in [0.05, 0.1) is 20.1 Å². The summed E-state index contributed by atoms with van der Waals surface area (Å²) in [4.78, 5) is 37.9. The Morgan fingerprint density at radius 3 is 2.81 bits per heavy atom. The highest BCUT2D eigenvalue weighted by Crippen LogP contribution is 2.23. The van der Waals surface area contributed by atoms with Crippen molar-refractivity contribution in [3.63, 3.8) is 0 Å². The third kappa shape index (κ3) is 4.00. The minimum absolute atomic E-state index is 0.0261. The third-order valence-corrected chi connectivity index (χ3v) is 4.44. The van der Waals surface area contributed by atoms with Crippen molar-refractivity contribution in [3.05, 3.63) is 42.5 Å². The number of methoxy groups -OCH3 is 1. The van der Waals surface area contributed by atoms with Crippen LogP contribution in [0.4, 0.5) is 5.69 Å². The maximum Gasteiger partial charge on any atom is 0.307 e. The fraction of sp³-hybridized carbons (Fsp3) is 0.316. The molecule has 2 N–H and O–H groups in total. The zero-order valence-corrected chi connectivity index (χ0v) is 14.5. The van der Waals surface area contributed by atoms with E-state index in [9.17, 15) is 14.4 Å². The van der Waals surface area contributed by atoms with Crippen LogP contribution >= 0.6 is 0 Å². The lowest BCUT2D eigenvalue weighted by Gasteiger charge is -2.33. The van der Waals surface area contributed by atoms with Crippen LogP contribution in [0.25, 0.3) is 10.8 Å². The lowest BCUT2D eigenvalue weighted by Crippen LogP contribution is -2.57. The van der Waals surface area contributed by atoms with E-state index in [1.165, 1.54) is 7.11 Å². The maximum atomic E-state index is 12.5. The Kier molecular flexibility index (Phi) is 5.48. The molecule has 1 fully saturated rings. The van der Waals surface area contributed by atoms with Gasteiger partial charge in [-0.3, -0.25) is 19.3 Å². The van der Waals surface area contributed by atoms with Crippen molar-refractivity contribution in [2.75, 3.05) is 32.1 Å². The van der Waals surface area contributed by atoms with E-state index in [0.717, 1.165) is 16.5 Å². The zero-order chi connectivity index (χ0) is 18.5. The van der Waals surface area contributed by atoms with Crippen molar-refractivity contribution < 1.29 is 19.1 Å². The van der Waals surface area contributed by atoms with Crippen LogP contribution in [0.2, 0.25) is 0 Å². The van der Waals surface area contributed by atoms with Crippen LogP contribution in [0.5, 0.6) is 0 Å². The molecule has 0 spiro atoms. The first-order valence-corrected chi connectivity index (χ1v) is 8.44. The molecule has 136 valence electrons. The maximum absolute atomic E-state index is 12.5. The number of ether oxygens (including phenoxy) is 1. The van der Waals surface area contributed by atoms with Crippen LogP contribution in [0.15, 0.2) is 42.5 Å². The molecule has 2 amide bonds. The Labute approximate surface area is 151 Å². The highest BCUT2D eigenvalue weighted by molar-refractivity contribution is 6.03. The molecule has 2 aromatic carbocycles. The number of piperazine rings is 1. The van der Waals surface area contributed by atoms with E-state index in [4.69, 9.17) is 0 Å². The molecule has 3 rings (SSSR count). The van der Waals surface area contributed by atoms with E-state index < -0.39 is 12.0 Å². The summed E-state index contributed by atoms with van der Waals surface area (Å²) in [5.74, 6) is -0.975. The number of carbonyl (C=O) groups excluding carboxylic acids is 3. The number of carbonyl (C=O) groups is 3. The molecule has 0 bridgehead atoms. The van der Waals surface area contributed by atoms with Gasteiger partial charge in [-0.25, -0.2) is 0 Å². The zero-order valence-electron chi connectivity index (χ0n) is 14.5. The van der Waals surface area contributed by atoms with E-state index in [2.05, 4.69) is 15.4 Å². The highest BCUT2D eigenvalue weighted by atomic mass is 16.5. The van der Waals surface area contributed by atoms with Gasteiger partial charge in [0.1, 0.15) is 6.04 Å². The first-order chi connectivity index (χ1) is 12.6. The van der Waals surface area contributed by atoms with Gasteiger partial charge in [0.25, 0.3) is 0 Å². The summed E-state index contributed by atoms with van der Waals surface area (Å²) >= 11 is 0. The lowest BCUT2D eigenvalue weighted by atomic mass is 10.1. The van der Waals surface area contributed by atoms with Gasteiger partial charge in [0.2, 0.25) is 11.8 Å². The van der Waals surface area contributed by atoms with E-state index in [-0.39, 0.29) is 24.8 Å². The number of nitrogens with one attached hydrogen (secondary N) is 2. The SMILES string of the molecule is COC(=O)C[C@H]1C(=O)NCCN1CC(=O)Nc1cccc2ccccc12. The van der Waals surface area contributed by atoms with E-state index in [0.29, 0.717) is 13.1 Å². The van der Waals surface area contributed by atoms with Gasteiger partial charge in [0, 0.05) is 24.2 Å². The molecule has 0 saturated carbocycles. The number of nitrogens with zero attached hydrogens (tertiary/aromatic N) is 1. The van der Waals surface area contributed by atoms with Gasteiger partial charge in [0.15, 0.2) is 0 Å². The monoisotopic (exact) mass is 355 g/mol. The van der Waals surface area contributed by atoms with Gasteiger partial charge in [-0.2, -0.15) is 0 Å². The molecule has 0 aromatic heterocycles. The smallest absolute Gasteiger partial charge is 0.307 e. The predicted molar refractivity (Wildman–Crippen MR) is 97.6 cm³/mol. The predicted octanol–water partition coefficient (Wildman–Crippen LogP) is 1.14. The number of anilines is 1. The third-order valence-electron chi connectivity index (χ3n) is 4.44. The molecular formula is C19H21N3O4. The second kappa shape index (κ2) is 7.97. The number of amides is 2. The Morgan fingerprint density at radius 2 is 2.00 bits per heavy atom. The Balaban J connectivity index is 1.71. The standard InChI is InChI=1S/C19H21N3O4/c1-26-18(24)11-16-19(25)20-9-10-22(16)12-17(23)21-15-8-4-6-13-5-2-3-7-14(13)15/h2-8,16H,9-12H2,1H3,(H,20,25)(H,21,23)/t16-/m0/s1. The number of rotatable bonds is 5. The van der Waals surface area contributed by atoms with Gasteiger partial charge in [-0.15, -0.1) is 0 Å². The highest BCUT2D eigenvalue weighted by Gasteiger charge is 2.33. The minimum Gasteiger partial charge on any atom is -0.469 e. The summed E-state index contributed by atoms with van der Waals surface area (Å²) in [7, 11) is 1.28. The van der Waals surface area contributed by atoms with Gasteiger partial charge in [-0.1, -0.05) is 36.4 Å². The molecule has 1 heterocycles. The number of fused-ring (bicyclic) bond motifs is 1. The van der Waals surface area contributed by atoms with E-state index in [1.807, 2.05) is 42.5 Å². The van der Waals surface area contributed by atoms with Crippen molar-refractivity contribution in [1.29, 1.82) is 0 Å². The molecule has 7 heteroatoms. The van der Waals surface area contributed by atoms with Gasteiger partial charge >= 0.3 is 5.97 Å². The molecule has 0 aliphatic carbocycles. The van der Waals surface area contributed by atoms with Crippen molar-refractivity contribution in [1.82, 2.24) is 10.2 Å². The number of benzene rings is 2. The molecule has 1 saturated heterocycles. The minimum atomic E-state index is -0.700. The molecule has 1 aliphatic heterocycles. The fourth-order valence-corrected chi connectivity index (χ4v) is 3.12. The van der Waals surface area contributed by atoms with Crippen LogP contribution in [0.1, 0.15) is 6.42 Å². The topological polar surface area (TPSA) is 87.7 Å². The average Bonchev–Trinajstić information content (AvgIpc) is 2.64. The fourth-order valence-electron chi connectivity index (χ4n) is 3.12. The van der Waals surface area contributed by atoms with Crippen molar-refractivity contribution >= 4 is 34.2 Å². The summed E-state index contributed by atoms with van der Waals surface area (Å²) in [6, 6.07) is 12.8. The Hall–Kier alpha value is -2.93. The van der Waals surface area contributed by atoms with Crippen LogP contribution in [-0.4, -0.2) is 55.5 Å². The molecule has 1 atom stereocenters. The molecule has 1 aliphatic rings. The second-order valence-electron chi connectivity index (χ2n) is 6.13. The first kappa shape index (κ1) is 17.9. The largest absolute Gasteiger partial charge is 0.469 e. The molecule has 26 heavy (non-hydrogen) atoms. The second-order valence-corrected chi connectivity index (χ2v) is 6.13. The lowest BCUT2D eigenvalue weighted by molar-refractivity contribution is -0.146. The first-order valence-electron chi connectivity index (χ1n) is 8.44. The van der Waals surface area contributed by atoms with E-state index in [1.54, 1.807) is 4.90 Å². The summed E-state index contributed by atoms with van der Waals surface area (Å²) in [6.07, 6.45) is -0.0795. The number of hydrogen-bond acceptors (Lipinski definition) is 5. The van der Waals surface area contributed by atoms with Crippen LogP contribution in [0, 0.1) is 0 Å². The quantitative estimate of drug-likeness (QED) is 0.786. The molecule has 7 nitrogen and oxygen atoms in total. The molecular weight excluding hydrogens is 334 g/mol. The van der Waals surface area contributed by atoms with Crippen molar-refractivity contribution in [2.45, 2.75) is 12.5 Å². The van der Waals surface area contributed by atoms with Crippen molar-refractivity contribution in [2.24, 2.45) is 0 Å². The summed E-state index contributed by atoms with van der Waals surface area (Å²) < 4.78 is 4.65. The number of esters is 1. The molecule has 0 radical (unpaired) electrons. The summed E-state index contributed by atoms with van der Waals surface area (Å²) in [6.45, 7) is 0.965. The average molecular weight is 355 g/mol. The van der Waals surface area contributed by atoms with Crippen LogP contribution in [0.3, 0.4) is 0 Å². The van der Waals surface area contributed by atoms with Crippen molar-refractivity contribution in [3.8, 4) is 0 Å². The Morgan fingerprint density at radius 1 is 1.23 bits per heavy atom. The Bertz CT molecular complexity index is 831.